The van der Waals surface area contributed by atoms with Crippen molar-refractivity contribution >= 4 is 70.7 Å². The lowest BCUT2D eigenvalue weighted by Crippen LogP contribution is -2.82. The number of fused-ring (bicyclic) bond motifs is 8. The number of methoxy groups -OCH3 is 1. The fourth-order valence-electron chi connectivity index (χ4n) is 17.8. The molecule has 7 aliphatic rings. The number of amides is 3. The second-order valence-corrected chi connectivity index (χ2v) is 30.9. The topological polar surface area (TPSA) is 445 Å². The first-order chi connectivity index (χ1) is 54.5. The third-order valence-corrected chi connectivity index (χ3v) is 23.8. The van der Waals surface area contributed by atoms with Gasteiger partial charge in [-0.05, 0) is 86.9 Å². The summed E-state index contributed by atoms with van der Waals surface area (Å²) < 4.78 is 55.6. The van der Waals surface area contributed by atoms with Gasteiger partial charge in [0.1, 0.15) is 59.0 Å². The smallest absolute Gasteiger partial charge is 0.338 e. The Kier molecular flexibility index (Phi) is 22.3. The monoisotopic (exact) mass is 1580 g/mol. The number of carbonyl (C=O) groups excluding carboxylic acids is 12. The lowest BCUT2D eigenvalue weighted by Gasteiger charge is -2.67. The van der Waals surface area contributed by atoms with Crippen LogP contribution in [-0.2, 0) is 73.1 Å². The zero-order valence-corrected chi connectivity index (χ0v) is 64.1. The van der Waals surface area contributed by atoms with E-state index in [-0.39, 0.29) is 73.4 Å². The lowest BCUT2D eigenvalue weighted by molar-refractivity contribution is -0.346. The third-order valence-electron chi connectivity index (χ3n) is 23.8. The number of aromatic hydroxyl groups is 2. The zero-order chi connectivity index (χ0) is 82.9. The Morgan fingerprint density at radius 3 is 1.92 bits per heavy atom. The summed E-state index contributed by atoms with van der Waals surface area (Å²) in [6, 6.07) is 30.5. The molecule has 4 fully saturated rings. The van der Waals surface area contributed by atoms with E-state index in [2.05, 4.69) is 16.0 Å². The third kappa shape index (κ3) is 14.4. The Labute approximate surface area is 658 Å². The Balaban J connectivity index is 0.766. The highest BCUT2D eigenvalue weighted by Gasteiger charge is 2.79. The maximum atomic E-state index is 16.7. The van der Waals surface area contributed by atoms with Crippen LogP contribution in [0.3, 0.4) is 0 Å². The van der Waals surface area contributed by atoms with Gasteiger partial charge in [0.15, 0.2) is 41.4 Å². The maximum absolute atomic E-state index is 16.7. The van der Waals surface area contributed by atoms with Gasteiger partial charge in [-0.25, -0.2) is 9.59 Å². The number of aliphatic hydroxyl groups is 4. The molecule has 2 aliphatic heterocycles. The summed E-state index contributed by atoms with van der Waals surface area (Å²) in [7, 11) is 1.28. The normalized spacial score (nSPS) is 28.7. The highest BCUT2D eigenvalue weighted by molar-refractivity contribution is 6.31. The van der Waals surface area contributed by atoms with Crippen LogP contribution >= 0.6 is 0 Å². The number of hydrogen-bond donors (Lipinski definition) is 9. The fourth-order valence-corrected chi connectivity index (χ4v) is 17.8. The van der Waals surface area contributed by atoms with Gasteiger partial charge in [-0.15, -0.1) is 0 Å². The molecule has 6 aromatic carbocycles. The molecule has 0 spiro atoms. The minimum atomic E-state index is -2.64. The van der Waals surface area contributed by atoms with Gasteiger partial charge in [0, 0.05) is 80.2 Å². The van der Waals surface area contributed by atoms with E-state index < -0.39 is 245 Å². The minimum Gasteiger partial charge on any atom is -0.507 e. The number of benzene rings is 6. The number of esters is 5. The Hall–Kier alpha value is -11.4. The highest BCUT2D eigenvalue weighted by atomic mass is 16.7. The van der Waals surface area contributed by atoms with E-state index in [0.717, 1.165) is 20.8 Å². The Morgan fingerprint density at radius 2 is 1.30 bits per heavy atom. The number of carbonyl (C=O) groups is 12. The van der Waals surface area contributed by atoms with Gasteiger partial charge in [-0.3, -0.25) is 47.9 Å². The fraction of sp³-hybridized carbons (Fsp3) is 0.412. The molecule has 17 atom stereocenters. The number of rotatable bonds is 21. The van der Waals surface area contributed by atoms with Crippen LogP contribution in [0.1, 0.15) is 190 Å². The average Bonchev–Trinajstić information content (AvgIpc) is 0.666. The van der Waals surface area contributed by atoms with Crippen LogP contribution < -0.4 is 20.7 Å². The standard InChI is InChI=1S/C85H87N3O27/c1-40-54(112-80(104)71(98)65(45-22-13-10-14-23-45)88-76(100)46-24-15-11-16-25-46)38-85(106)75(114-79(103)47-26-17-12-18-27-47)73-82(8,74(99)72(110-43(4)90)64(40)81(85,6)7)56(35-57-84(73,39-108-57)115-44(5)91)113-58(92)32-33-86-77(101)48-28-19-20-29-49(48)78(102)87-52-34-59(109-41(2)66(52)93)111-55-37-83(105,42(3)89)36-51-61(55)70(97)63-62(68(51)95)67(94)50-30-21-31-53(107-9)60(50)69(63)96/h10-31,41,52,54-57,59,65-66,71-73,75,93,95,97-98,105-106H,32-39H2,1-9H3,(H,86,101)(H,87,102)(H,88,100)/t41-,52-,54-,55-,56-,57+,59-,65-,66+,71+,72+,73?,75?,82+,83-,84-,85+/m0/s1. The molecule has 13 rings (SSSR count). The first kappa shape index (κ1) is 81.6. The van der Waals surface area contributed by atoms with Crippen LogP contribution in [0.5, 0.6) is 17.2 Å². The molecule has 604 valence electrons. The van der Waals surface area contributed by atoms with Crippen molar-refractivity contribution in [3.63, 3.8) is 0 Å². The molecular formula is C85H87N3O27. The van der Waals surface area contributed by atoms with Crippen LogP contribution in [0.4, 0.5) is 0 Å². The van der Waals surface area contributed by atoms with E-state index in [1.165, 1.54) is 121 Å². The predicted octanol–water partition coefficient (Wildman–Crippen LogP) is 5.92. The van der Waals surface area contributed by atoms with Gasteiger partial charge in [0.25, 0.3) is 17.7 Å². The second-order valence-electron chi connectivity index (χ2n) is 30.9. The molecule has 2 saturated heterocycles. The number of nitrogens with one attached hydrogen (secondary N) is 3. The molecule has 5 aliphatic carbocycles. The Morgan fingerprint density at radius 1 is 0.678 bits per heavy atom. The van der Waals surface area contributed by atoms with Gasteiger partial charge in [0.2, 0.25) is 5.78 Å². The first-order valence-electron chi connectivity index (χ1n) is 37.5. The van der Waals surface area contributed by atoms with Crippen LogP contribution in [0.25, 0.3) is 0 Å². The number of phenolic OH excluding ortho intramolecular Hbond substituents is 2. The van der Waals surface area contributed by atoms with Crippen molar-refractivity contribution in [2.45, 2.75) is 184 Å². The van der Waals surface area contributed by atoms with E-state index in [4.69, 9.17) is 42.6 Å². The summed E-state index contributed by atoms with van der Waals surface area (Å²) in [4.78, 5) is 173. The molecule has 30 nitrogen and oxygen atoms in total. The number of ether oxygens (including phenoxy) is 9. The summed E-state index contributed by atoms with van der Waals surface area (Å²) in [5.41, 5.74) is -13.4. The number of aliphatic hydroxyl groups excluding tert-OH is 2. The molecule has 6 aromatic rings. The van der Waals surface area contributed by atoms with Crippen molar-refractivity contribution in [1.82, 2.24) is 16.0 Å². The highest BCUT2D eigenvalue weighted by Crippen LogP contribution is 2.65. The molecule has 9 N–H and O–H groups in total. The molecule has 0 aromatic heterocycles. The number of Topliss-reactive ketones (excluding diaryl/α,β-unsaturated/α-hetero) is 2. The molecule has 2 bridgehead atoms. The summed E-state index contributed by atoms with van der Waals surface area (Å²) in [6.45, 7) is 9.33. The van der Waals surface area contributed by atoms with Gasteiger partial charge in [-0.1, -0.05) is 105 Å². The molecule has 0 radical (unpaired) electrons. The molecule has 3 amide bonds. The van der Waals surface area contributed by atoms with Crippen LogP contribution in [-0.4, -0.2) is 200 Å². The van der Waals surface area contributed by atoms with Gasteiger partial charge in [-0.2, -0.15) is 0 Å². The Bertz CT molecular complexity index is 5010. The van der Waals surface area contributed by atoms with Crippen LogP contribution in [0, 0.1) is 16.7 Å². The largest absolute Gasteiger partial charge is 0.507 e. The SMILES string of the molecule is COc1cccc2c1C(=O)c1c(O)c3c(c(O)c1C2=O)C[C@@](O)(C(C)=O)C[C@@H]3O[C@H]1C[C@H](NC(=O)c2ccccc2C(=O)NCCC(=O)O[C@H]2C[C@H]3OC[C@@]3(OC(C)=O)C3C(OC(=O)c4ccccc4)[C@]4(O)C[C@H](OC(=O)[C@H](O)[C@@H](NC(=O)c5ccccc5)c5ccccc5)C(C)=C([C@@H](OC(C)=O)C(=O)[C@@]32C)C4(C)C)[C@H](O)[C@H](C)O1. The molecular weight excluding hydrogens is 1490 g/mol. The summed E-state index contributed by atoms with van der Waals surface area (Å²) in [5.74, 6) is -14.9. The zero-order valence-electron chi connectivity index (χ0n) is 64.1. The first-order valence-corrected chi connectivity index (χ1v) is 37.5. The van der Waals surface area contributed by atoms with Crippen molar-refractivity contribution in [3.8, 4) is 17.2 Å². The van der Waals surface area contributed by atoms with E-state index in [9.17, 15) is 83.4 Å². The minimum absolute atomic E-state index is 0.00264. The second kappa shape index (κ2) is 31.4. The number of phenols is 2. The molecule has 2 heterocycles. The molecule has 2 saturated carbocycles. The molecule has 30 heteroatoms. The van der Waals surface area contributed by atoms with Crippen molar-refractivity contribution < 1.29 is 131 Å². The lowest BCUT2D eigenvalue weighted by atomic mass is 9.44. The van der Waals surface area contributed by atoms with Crippen molar-refractivity contribution in [1.29, 1.82) is 0 Å². The van der Waals surface area contributed by atoms with E-state index >= 15 is 4.79 Å². The van der Waals surface area contributed by atoms with E-state index in [1.807, 2.05) is 0 Å². The quantitative estimate of drug-likeness (QED) is 0.0174. The maximum Gasteiger partial charge on any atom is 0.338 e. The number of ketones is 4. The predicted molar refractivity (Wildman–Crippen MR) is 399 cm³/mol. The van der Waals surface area contributed by atoms with Crippen molar-refractivity contribution in [3.05, 3.63) is 206 Å². The summed E-state index contributed by atoms with van der Waals surface area (Å²) >= 11 is 0. The van der Waals surface area contributed by atoms with E-state index in [0.29, 0.717) is 0 Å². The van der Waals surface area contributed by atoms with Crippen LogP contribution in [0.2, 0.25) is 0 Å². The van der Waals surface area contributed by atoms with Gasteiger partial charge >= 0.3 is 29.8 Å². The number of hydrogen-bond acceptors (Lipinski definition) is 27. The average molecular weight is 1580 g/mol. The summed E-state index contributed by atoms with van der Waals surface area (Å²) in [5, 5.41) is 82.0. The molecule has 2 unspecified atom stereocenters. The van der Waals surface area contributed by atoms with Crippen LogP contribution in [0.15, 0.2) is 145 Å². The van der Waals surface area contributed by atoms with Crippen molar-refractivity contribution in [2.75, 3.05) is 20.3 Å². The summed E-state index contributed by atoms with van der Waals surface area (Å²) in [6.07, 6.45) is -20.0. The van der Waals surface area contributed by atoms with E-state index in [1.54, 1.807) is 54.6 Å². The van der Waals surface area contributed by atoms with Crippen molar-refractivity contribution in [2.24, 2.45) is 16.7 Å². The van der Waals surface area contributed by atoms with Gasteiger partial charge < -0.3 is 89.2 Å². The van der Waals surface area contributed by atoms with Gasteiger partial charge in [0.05, 0.1) is 89.1 Å². The molecule has 115 heavy (non-hydrogen) atoms.